The van der Waals surface area contributed by atoms with Crippen molar-refractivity contribution in [3.05, 3.63) is 0 Å². The van der Waals surface area contributed by atoms with Crippen molar-refractivity contribution in [3.63, 3.8) is 0 Å². The molecule has 2 heterocycles. The Balaban J connectivity index is 1.72. The Hall–Kier alpha value is -1.57. The molecule has 7 nitrogen and oxygen atoms in total. The van der Waals surface area contributed by atoms with E-state index in [1.165, 1.54) is 16.7 Å². The number of aromatic nitrogens is 3. The van der Waals surface area contributed by atoms with E-state index < -0.39 is 5.25 Å². The number of carbonyl (C=O) groups is 2. The van der Waals surface area contributed by atoms with Crippen molar-refractivity contribution in [3.8, 4) is 0 Å². The molecule has 90 valence electrons. The lowest BCUT2D eigenvalue weighted by Gasteiger charge is -2.12. The van der Waals surface area contributed by atoms with Crippen LogP contribution in [0.2, 0.25) is 0 Å². The van der Waals surface area contributed by atoms with E-state index in [-0.39, 0.29) is 30.2 Å². The van der Waals surface area contributed by atoms with Crippen LogP contribution in [-0.4, -0.2) is 43.2 Å². The fraction of sp³-hybridized carbons (Fsp3) is 0.556. The maximum atomic E-state index is 12.0. The van der Waals surface area contributed by atoms with Gasteiger partial charge in [-0.05, 0) is 12.8 Å². The fourth-order valence-corrected chi connectivity index (χ4v) is 2.81. The Morgan fingerprint density at radius 3 is 2.76 bits per heavy atom. The number of nitrogens with one attached hydrogen (secondary N) is 1. The van der Waals surface area contributed by atoms with Crippen LogP contribution in [0.15, 0.2) is 5.16 Å². The SMILES string of the molecule is Nc1nc(SC2CC(=O)N(C3CC3)C2=O)n[nH]1. The van der Waals surface area contributed by atoms with Gasteiger partial charge >= 0.3 is 0 Å². The summed E-state index contributed by atoms with van der Waals surface area (Å²) < 4.78 is 0. The van der Waals surface area contributed by atoms with Crippen LogP contribution in [0.1, 0.15) is 19.3 Å². The summed E-state index contributed by atoms with van der Waals surface area (Å²) in [6, 6.07) is 0.137. The number of rotatable bonds is 3. The van der Waals surface area contributed by atoms with Gasteiger partial charge in [0.05, 0.1) is 0 Å². The number of H-pyrrole nitrogens is 1. The van der Waals surface area contributed by atoms with Crippen LogP contribution in [-0.2, 0) is 9.59 Å². The summed E-state index contributed by atoms with van der Waals surface area (Å²) in [6.45, 7) is 0. The normalized spacial score (nSPS) is 24.7. The molecule has 1 aliphatic heterocycles. The smallest absolute Gasteiger partial charge is 0.243 e. The van der Waals surface area contributed by atoms with Crippen molar-refractivity contribution in [1.29, 1.82) is 0 Å². The second-order valence-electron chi connectivity index (χ2n) is 4.15. The molecule has 1 saturated heterocycles. The summed E-state index contributed by atoms with van der Waals surface area (Å²) in [4.78, 5) is 29.0. The van der Waals surface area contributed by atoms with E-state index in [0.29, 0.717) is 5.16 Å². The Morgan fingerprint density at radius 2 is 2.18 bits per heavy atom. The molecule has 0 bridgehead atoms. The number of nitrogens with two attached hydrogens (primary N) is 1. The van der Waals surface area contributed by atoms with Gasteiger partial charge < -0.3 is 5.73 Å². The molecule has 1 aliphatic carbocycles. The summed E-state index contributed by atoms with van der Waals surface area (Å²) in [6.07, 6.45) is 2.10. The minimum absolute atomic E-state index is 0.0847. The van der Waals surface area contributed by atoms with E-state index in [1.54, 1.807) is 0 Å². The highest BCUT2D eigenvalue weighted by Gasteiger charge is 2.46. The third-order valence-electron chi connectivity index (χ3n) is 2.78. The van der Waals surface area contributed by atoms with Crippen molar-refractivity contribution in [1.82, 2.24) is 20.1 Å². The molecule has 2 amide bonds. The zero-order valence-corrected chi connectivity index (χ0v) is 9.74. The highest BCUT2D eigenvalue weighted by atomic mass is 32.2. The fourth-order valence-electron chi connectivity index (χ4n) is 1.87. The van der Waals surface area contributed by atoms with Gasteiger partial charge in [0, 0.05) is 12.5 Å². The zero-order valence-electron chi connectivity index (χ0n) is 8.92. The van der Waals surface area contributed by atoms with Crippen LogP contribution in [0.25, 0.3) is 0 Å². The average Bonchev–Trinajstić information content (AvgIpc) is 2.96. The first-order valence-corrected chi connectivity index (χ1v) is 6.23. The van der Waals surface area contributed by atoms with Crippen molar-refractivity contribution >= 4 is 29.5 Å². The van der Waals surface area contributed by atoms with Crippen molar-refractivity contribution in [2.24, 2.45) is 0 Å². The molecular formula is C9H11N5O2S. The standard InChI is InChI=1S/C9H11N5O2S/c10-8-11-9(13-12-8)17-5-3-6(15)14(7(5)16)4-1-2-4/h4-5H,1-3H2,(H3,10,11,12,13). The summed E-state index contributed by atoms with van der Waals surface area (Å²) in [7, 11) is 0. The van der Waals surface area contributed by atoms with Gasteiger partial charge in [0.25, 0.3) is 0 Å². The molecule has 3 N–H and O–H groups in total. The molecule has 2 aliphatic rings. The quantitative estimate of drug-likeness (QED) is 0.721. The second kappa shape index (κ2) is 3.73. The Bertz CT molecular complexity index is 483. The van der Waals surface area contributed by atoms with Crippen LogP contribution in [0.5, 0.6) is 0 Å². The van der Waals surface area contributed by atoms with Gasteiger partial charge in [0.2, 0.25) is 22.9 Å². The minimum atomic E-state index is -0.404. The van der Waals surface area contributed by atoms with Gasteiger partial charge in [-0.1, -0.05) is 11.8 Å². The maximum Gasteiger partial charge on any atom is 0.243 e. The predicted molar refractivity (Wildman–Crippen MR) is 59.9 cm³/mol. The molecule has 1 unspecified atom stereocenters. The lowest BCUT2D eigenvalue weighted by molar-refractivity contribution is -0.138. The Kier molecular flexibility index (Phi) is 2.32. The number of hydrogen-bond donors (Lipinski definition) is 2. The molecule has 1 saturated carbocycles. The first kappa shape index (κ1) is 10.6. The third kappa shape index (κ3) is 1.88. The van der Waals surface area contributed by atoms with E-state index >= 15 is 0 Å². The van der Waals surface area contributed by atoms with Gasteiger partial charge in [-0.2, -0.15) is 4.98 Å². The van der Waals surface area contributed by atoms with E-state index in [9.17, 15) is 9.59 Å². The van der Waals surface area contributed by atoms with Crippen molar-refractivity contribution in [2.45, 2.75) is 35.7 Å². The zero-order chi connectivity index (χ0) is 12.0. The van der Waals surface area contributed by atoms with Gasteiger partial charge in [-0.25, -0.2) is 5.10 Å². The Morgan fingerprint density at radius 1 is 1.41 bits per heavy atom. The number of imide groups is 1. The average molecular weight is 253 g/mol. The van der Waals surface area contributed by atoms with Gasteiger partial charge in [-0.15, -0.1) is 5.10 Å². The maximum absolute atomic E-state index is 12.0. The molecule has 8 heteroatoms. The van der Waals surface area contributed by atoms with Gasteiger partial charge in [0.1, 0.15) is 5.25 Å². The molecule has 0 aromatic carbocycles. The van der Waals surface area contributed by atoms with E-state index in [4.69, 9.17) is 5.73 Å². The van der Waals surface area contributed by atoms with Gasteiger partial charge in [0.15, 0.2) is 0 Å². The molecule has 1 aromatic rings. The third-order valence-corrected chi connectivity index (χ3v) is 3.83. The van der Waals surface area contributed by atoms with E-state index in [2.05, 4.69) is 15.2 Å². The summed E-state index contributed by atoms with van der Waals surface area (Å²) in [5.74, 6) is 0.00713. The van der Waals surface area contributed by atoms with E-state index in [1.807, 2.05) is 0 Å². The number of amides is 2. The molecular weight excluding hydrogens is 242 g/mol. The molecule has 1 aromatic heterocycles. The van der Waals surface area contributed by atoms with Gasteiger partial charge in [-0.3, -0.25) is 14.5 Å². The van der Waals surface area contributed by atoms with Crippen LogP contribution in [0.3, 0.4) is 0 Å². The number of nitrogens with zero attached hydrogens (tertiary/aromatic N) is 3. The molecule has 1 atom stereocenters. The number of nitrogen functional groups attached to an aromatic ring is 1. The number of hydrogen-bond acceptors (Lipinski definition) is 6. The number of thioether (sulfide) groups is 1. The number of likely N-dealkylation sites (tertiary alicyclic amines) is 1. The molecule has 2 fully saturated rings. The first-order valence-electron chi connectivity index (χ1n) is 5.35. The Labute approximate surface area is 101 Å². The topological polar surface area (TPSA) is 105 Å². The summed E-state index contributed by atoms with van der Waals surface area (Å²) in [5.41, 5.74) is 5.40. The van der Waals surface area contributed by atoms with Crippen LogP contribution in [0, 0.1) is 0 Å². The lowest BCUT2D eigenvalue weighted by atomic mass is 10.4. The highest BCUT2D eigenvalue weighted by molar-refractivity contribution is 8.00. The summed E-state index contributed by atoms with van der Waals surface area (Å²) in [5, 5.41) is 6.35. The van der Waals surface area contributed by atoms with E-state index in [0.717, 1.165) is 12.8 Å². The highest BCUT2D eigenvalue weighted by Crippen LogP contribution is 2.36. The van der Waals surface area contributed by atoms with Crippen molar-refractivity contribution < 1.29 is 9.59 Å². The molecule has 17 heavy (non-hydrogen) atoms. The molecule has 0 spiro atoms. The first-order chi connectivity index (χ1) is 8.15. The summed E-state index contributed by atoms with van der Waals surface area (Å²) >= 11 is 1.19. The lowest BCUT2D eigenvalue weighted by Crippen LogP contribution is -2.33. The largest absolute Gasteiger partial charge is 0.368 e. The molecule has 3 rings (SSSR count). The second-order valence-corrected chi connectivity index (χ2v) is 5.32. The predicted octanol–water partition coefficient (Wildman–Crippen LogP) is -0.231. The monoisotopic (exact) mass is 253 g/mol. The van der Waals surface area contributed by atoms with Crippen LogP contribution >= 0.6 is 11.8 Å². The number of aromatic amines is 1. The molecule has 0 radical (unpaired) electrons. The minimum Gasteiger partial charge on any atom is -0.368 e. The number of anilines is 1. The van der Waals surface area contributed by atoms with Crippen LogP contribution < -0.4 is 5.73 Å². The number of carbonyl (C=O) groups excluding carboxylic acids is 2. The van der Waals surface area contributed by atoms with Crippen molar-refractivity contribution in [2.75, 3.05) is 5.73 Å². The van der Waals surface area contributed by atoms with Crippen LogP contribution in [0.4, 0.5) is 5.95 Å².